The average molecular weight is 347 g/mol. The summed E-state index contributed by atoms with van der Waals surface area (Å²) >= 11 is 9.36. The van der Waals surface area contributed by atoms with Crippen molar-refractivity contribution in [2.75, 3.05) is 5.32 Å². The first-order valence-corrected chi connectivity index (χ1v) is 7.08. The number of nitrogens with zero attached hydrogens (tertiary/aromatic N) is 2. The summed E-state index contributed by atoms with van der Waals surface area (Å²) < 4.78 is 16.0. The quantitative estimate of drug-likeness (QED) is 0.901. The van der Waals surface area contributed by atoms with Crippen LogP contribution >= 0.6 is 27.5 Å². The Morgan fingerprint density at radius 1 is 1.42 bits per heavy atom. The molecule has 1 heterocycles. The standard InChI is InChI=1S/C13H14BrClFN3/c1-3-11-13(14)12(19(2)18-11)7-17-10-5-8(15)4-9(16)6-10/h4-6,17H,3,7H2,1-2H3. The van der Waals surface area contributed by atoms with Crippen molar-refractivity contribution in [2.24, 2.45) is 7.05 Å². The zero-order valence-electron chi connectivity index (χ0n) is 10.7. The van der Waals surface area contributed by atoms with Gasteiger partial charge in [0.05, 0.1) is 22.4 Å². The lowest BCUT2D eigenvalue weighted by molar-refractivity contribution is 0.628. The van der Waals surface area contributed by atoms with Crippen LogP contribution in [-0.4, -0.2) is 9.78 Å². The SMILES string of the molecule is CCc1nn(C)c(CNc2cc(F)cc(Cl)c2)c1Br. The molecular formula is C13H14BrClFN3. The average Bonchev–Trinajstić information content (AvgIpc) is 2.61. The molecule has 19 heavy (non-hydrogen) atoms. The Kier molecular flexibility index (Phi) is 4.47. The molecule has 0 unspecified atom stereocenters. The molecule has 0 amide bonds. The van der Waals surface area contributed by atoms with E-state index < -0.39 is 0 Å². The van der Waals surface area contributed by atoms with Gasteiger partial charge in [-0.1, -0.05) is 18.5 Å². The Morgan fingerprint density at radius 2 is 2.16 bits per heavy atom. The van der Waals surface area contributed by atoms with Crippen LogP contribution in [0.15, 0.2) is 22.7 Å². The minimum Gasteiger partial charge on any atom is -0.379 e. The Bertz CT molecular complexity index is 578. The highest BCUT2D eigenvalue weighted by atomic mass is 79.9. The fourth-order valence-corrected chi connectivity index (χ4v) is 2.83. The second-order valence-corrected chi connectivity index (χ2v) is 5.43. The van der Waals surface area contributed by atoms with Crippen molar-refractivity contribution in [1.82, 2.24) is 9.78 Å². The van der Waals surface area contributed by atoms with Crippen molar-refractivity contribution in [3.63, 3.8) is 0 Å². The van der Waals surface area contributed by atoms with E-state index >= 15 is 0 Å². The van der Waals surface area contributed by atoms with Gasteiger partial charge in [-0.2, -0.15) is 5.10 Å². The molecule has 0 aliphatic carbocycles. The van der Waals surface area contributed by atoms with Gasteiger partial charge in [0.2, 0.25) is 0 Å². The smallest absolute Gasteiger partial charge is 0.126 e. The molecule has 0 fully saturated rings. The Hall–Kier alpha value is -1.07. The summed E-state index contributed by atoms with van der Waals surface area (Å²) in [6, 6.07) is 4.38. The number of benzene rings is 1. The molecule has 1 aromatic heterocycles. The van der Waals surface area contributed by atoms with Gasteiger partial charge in [0.15, 0.2) is 0 Å². The highest BCUT2D eigenvalue weighted by molar-refractivity contribution is 9.10. The second kappa shape index (κ2) is 5.92. The molecule has 0 aliphatic rings. The second-order valence-electron chi connectivity index (χ2n) is 4.20. The molecule has 1 N–H and O–H groups in total. The molecule has 2 rings (SSSR count). The Labute approximate surface area is 124 Å². The van der Waals surface area contributed by atoms with E-state index in [1.54, 1.807) is 6.07 Å². The number of aromatic nitrogens is 2. The van der Waals surface area contributed by atoms with E-state index in [2.05, 4.69) is 33.3 Å². The van der Waals surface area contributed by atoms with Crippen molar-refractivity contribution < 1.29 is 4.39 Å². The topological polar surface area (TPSA) is 29.9 Å². The molecule has 3 nitrogen and oxygen atoms in total. The van der Waals surface area contributed by atoms with Gasteiger partial charge in [0.1, 0.15) is 5.82 Å². The predicted octanol–water partition coefficient (Wildman–Crippen LogP) is 4.15. The van der Waals surface area contributed by atoms with Gasteiger partial charge >= 0.3 is 0 Å². The van der Waals surface area contributed by atoms with Crippen molar-refractivity contribution in [1.29, 1.82) is 0 Å². The maximum absolute atomic E-state index is 13.2. The lowest BCUT2D eigenvalue weighted by Gasteiger charge is -2.08. The maximum Gasteiger partial charge on any atom is 0.126 e. The molecule has 0 aliphatic heterocycles. The zero-order valence-corrected chi connectivity index (χ0v) is 13.0. The third-order valence-electron chi connectivity index (χ3n) is 2.83. The summed E-state index contributed by atoms with van der Waals surface area (Å²) in [5.74, 6) is -0.353. The minimum absolute atomic E-state index is 0.353. The lowest BCUT2D eigenvalue weighted by atomic mass is 10.2. The summed E-state index contributed by atoms with van der Waals surface area (Å²) in [6.45, 7) is 2.60. The lowest BCUT2D eigenvalue weighted by Crippen LogP contribution is -2.06. The third kappa shape index (κ3) is 3.28. The van der Waals surface area contributed by atoms with E-state index in [1.807, 2.05) is 11.7 Å². The van der Waals surface area contributed by atoms with Crippen LogP contribution in [0.4, 0.5) is 10.1 Å². The van der Waals surface area contributed by atoms with E-state index in [0.29, 0.717) is 17.3 Å². The zero-order chi connectivity index (χ0) is 14.0. The number of nitrogens with one attached hydrogen (secondary N) is 1. The van der Waals surface area contributed by atoms with Crippen LogP contribution in [0.3, 0.4) is 0 Å². The highest BCUT2D eigenvalue weighted by Gasteiger charge is 2.12. The molecule has 0 bridgehead atoms. The number of aryl methyl sites for hydroxylation is 2. The summed E-state index contributed by atoms with van der Waals surface area (Å²) in [4.78, 5) is 0. The van der Waals surface area contributed by atoms with Crippen molar-refractivity contribution in [3.05, 3.63) is 44.9 Å². The van der Waals surface area contributed by atoms with Crippen LogP contribution in [-0.2, 0) is 20.0 Å². The van der Waals surface area contributed by atoms with Crippen molar-refractivity contribution in [3.8, 4) is 0 Å². The van der Waals surface area contributed by atoms with Crippen LogP contribution < -0.4 is 5.32 Å². The first kappa shape index (κ1) is 14.3. The number of halogens is 3. The van der Waals surface area contributed by atoms with Gasteiger partial charge in [-0.25, -0.2) is 4.39 Å². The predicted molar refractivity (Wildman–Crippen MR) is 79.0 cm³/mol. The van der Waals surface area contributed by atoms with Gasteiger partial charge < -0.3 is 5.32 Å². The number of rotatable bonds is 4. The summed E-state index contributed by atoms with van der Waals surface area (Å²) in [5.41, 5.74) is 2.67. The molecule has 102 valence electrons. The monoisotopic (exact) mass is 345 g/mol. The van der Waals surface area contributed by atoms with E-state index in [1.165, 1.54) is 12.1 Å². The van der Waals surface area contributed by atoms with Gasteiger partial charge in [0, 0.05) is 17.8 Å². The van der Waals surface area contributed by atoms with Gasteiger partial charge in [0.25, 0.3) is 0 Å². The molecule has 0 saturated heterocycles. The van der Waals surface area contributed by atoms with Crippen molar-refractivity contribution in [2.45, 2.75) is 19.9 Å². The molecular weight excluding hydrogens is 333 g/mol. The fourth-order valence-electron chi connectivity index (χ4n) is 1.85. The van der Waals surface area contributed by atoms with E-state index in [-0.39, 0.29) is 5.82 Å². The molecule has 0 atom stereocenters. The first-order chi connectivity index (χ1) is 9.01. The maximum atomic E-state index is 13.2. The van der Waals surface area contributed by atoms with Crippen molar-refractivity contribution >= 4 is 33.2 Å². The van der Waals surface area contributed by atoms with Gasteiger partial charge in [-0.15, -0.1) is 0 Å². The molecule has 0 spiro atoms. The Balaban J connectivity index is 2.16. The van der Waals surface area contributed by atoms with Crippen LogP contribution in [0.5, 0.6) is 0 Å². The van der Waals surface area contributed by atoms with Crippen LogP contribution in [0.25, 0.3) is 0 Å². The number of hydrogen-bond acceptors (Lipinski definition) is 2. The van der Waals surface area contributed by atoms with E-state index in [4.69, 9.17) is 11.6 Å². The number of anilines is 1. The fraction of sp³-hybridized carbons (Fsp3) is 0.308. The number of hydrogen-bond donors (Lipinski definition) is 1. The van der Waals surface area contributed by atoms with Gasteiger partial charge in [-0.3, -0.25) is 4.68 Å². The first-order valence-electron chi connectivity index (χ1n) is 5.91. The van der Waals surface area contributed by atoms with Crippen LogP contribution in [0, 0.1) is 5.82 Å². The van der Waals surface area contributed by atoms with Crippen LogP contribution in [0.2, 0.25) is 5.02 Å². The highest BCUT2D eigenvalue weighted by Crippen LogP contribution is 2.23. The normalized spacial score (nSPS) is 10.8. The van der Waals surface area contributed by atoms with Crippen LogP contribution in [0.1, 0.15) is 18.3 Å². The third-order valence-corrected chi connectivity index (χ3v) is 3.96. The molecule has 6 heteroatoms. The summed E-state index contributed by atoms with van der Waals surface area (Å²) in [7, 11) is 1.89. The Morgan fingerprint density at radius 3 is 2.74 bits per heavy atom. The molecule has 2 aromatic rings. The summed E-state index contributed by atoms with van der Waals surface area (Å²) in [5, 5.41) is 7.93. The summed E-state index contributed by atoms with van der Waals surface area (Å²) in [6.07, 6.45) is 0.861. The van der Waals surface area contributed by atoms with E-state index in [0.717, 1.165) is 22.3 Å². The molecule has 0 radical (unpaired) electrons. The van der Waals surface area contributed by atoms with Gasteiger partial charge in [-0.05, 0) is 40.5 Å². The minimum atomic E-state index is -0.353. The largest absolute Gasteiger partial charge is 0.379 e. The molecule has 1 aromatic carbocycles. The van der Waals surface area contributed by atoms with E-state index in [9.17, 15) is 4.39 Å². The molecule has 0 saturated carbocycles.